The lowest BCUT2D eigenvalue weighted by molar-refractivity contribution is 0.325. The molecule has 0 saturated heterocycles. The molecule has 1 aliphatic rings. The van der Waals surface area contributed by atoms with Gasteiger partial charge in [0.2, 0.25) is 0 Å². The largest absolute Gasteiger partial charge is 0.332 e. The number of aromatic nitrogens is 3. The standard InChI is InChI=1S/C14H18ClN3/c15-13-12-7-9-18(14(12)17-10-16-13)8-6-11-4-2-1-3-5-11/h7,9-11H,1-6,8H2. The molecule has 2 aromatic rings. The molecule has 18 heavy (non-hydrogen) atoms. The van der Waals surface area contributed by atoms with Gasteiger partial charge in [-0.05, 0) is 18.4 Å². The van der Waals surface area contributed by atoms with Crippen LogP contribution in [0.3, 0.4) is 0 Å². The summed E-state index contributed by atoms with van der Waals surface area (Å²) < 4.78 is 2.21. The molecule has 0 radical (unpaired) electrons. The van der Waals surface area contributed by atoms with Crippen LogP contribution in [0.25, 0.3) is 11.0 Å². The molecule has 4 heteroatoms. The lowest BCUT2D eigenvalue weighted by Gasteiger charge is -2.21. The van der Waals surface area contributed by atoms with Crippen LogP contribution in [-0.4, -0.2) is 14.5 Å². The summed E-state index contributed by atoms with van der Waals surface area (Å²) >= 11 is 6.05. The van der Waals surface area contributed by atoms with Crippen LogP contribution in [0.1, 0.15) is 38.5 Å². The Morgan fingerprint density at radius 1 is 1.22 bits per heavy atom. The third kappa shape index (κ3) is 2.37. The molecule has 0 bridgehead atoms. The van der Waals surface area contributed by atoms with E-state index in [1.54, 1.807) is 6.33 Å². The van der Waals surface area contributed by atoms with E-state index in [2.05, 4.69) is 20.7 Å². The van der Waals surface area contributed by atoms with Gasteiger partial charge in [0, 0.05) is 12.7 Å². The molecular weight excluding hydrogens is 246 g/mol. The fraction of sp³-hybridized carbons (Fsp3) is 0.571. The van der Waals surface area contributed by atoms with Crippen LogP contribution in [0.2, 0.25) is 5.15 Å². The van der Waals surface area contributed by atoms with Crippen molar-refractivity contribution in [1.82, 2.24) is 14.5 Å². The van der Waals surface area contributed by atoms with Crippen LogP contribution in [0.5, 0.6) is 0 Å². The topological polar surface area (TPSA) is 30.7 Å². The molecule has 3 rings (SSSR count). The molecule has 2 heterocycles. The first-order valence-electron chi connectivity index (χ1n) is 6.80. The Labute approximate surface area is 112 Å². The van der Waals surface area contributed by atoms with Gasteiger partial charge in [0.05, 0.1) is 5.39 Å². The molecule has 0 aromatic carbocycles. The first-order valence-corrected chi connectivity index (χ1v) is 7.18. The second kappa shape index (κ2) is 5.27. The molecule has 3 nitrogen and oxygen atoms in total. The van der Waals surface area contributed by atoms with Gasteiger partial charge < -0.3 is 4.57 Å². The Hall–Kier alpha value is -1.09. The van der Waals surface area contributed by atoms with E-state index in [9.17, 15) is 0 Å². The minimum atomic E-state index is 0.552. The Morgan fingerprint density at radius 3 is 2.89 bits per heavy atom. The van der Waals surface area contributed by atoms with Gasteiger partial charge in [0.15, 0.2) is 0 Å². The van der Waals surface area contributed by atoms with Crippen molar-refractivity contribution in [1.29, 1.82) is 0 Å². The van der Waals surface area contributed by atoms with Crippen molar-refractivity contribution >= 4 is 22.6 Å². The highest BCUT2D eigenvalue weighted by Gasteiger charge is 2.14. The maximum absolute atomic E-state index is 6.05. The summed E-state index contributed by atoms with van der Waals surface area (Å²) in [5.74, 6) is 0.897. The summed E-state index contributed by atoms with van der Waals surface area (Å²) in [5.41, 5.74) is 0.964. The molecule has 0 N–H and O–H groups in total. The molecule has 0 amide bonds. The molecule has 1 fully saturated rings. The zero-order chi connectivity index (χ0) is 12.4. The Kier molecular flexibility index (Phi) is 3.50. The molecule has 0 unspecified atom stereocenters. The maximum Gasteiger partial charge on any atom is 0.144 e. The van der Waals surface area contributed by atoms with Crippen molar-refractivity contribution in [3.8, 4) is 0 Å². The molecular formula is C14H18ClN3. The van der Waals surface area contributed by atoms with E-state index in [0.717, 1.165) is 23.5 Å². The van der Waals surface area contributed by atoms with Crippen molar-refractivity contribution in [2.75, 3.05) is 0 Å². The molecule has 0 atom stereocenters. The number of fused-ring (bicyclic) bond motifs is 1. The van der Waals surface area contributed by atoms with Crippen molar-refractivity contribution in [2.45, 2.75) is 45.1 Å². The highest BCUT2D eigenvalue weighted by Crippen LogP contribution is 2.27. The number of nitrogens with zero attached hydrogens (tertiary/aromatic N) is 3. The summed E-state index contributed by atoms with van der Waals surface area (Å²) in [6.45, 7) is 1.04. The van der Waals surface area contributed by atoms with E-state index in [-0.39, 0.29) is 0 Å². The normalized spacial score (nSPS) is 17.4. The van der Waals surface area contributed by atoms with Crippen LogP contribution in [0.15, 0.2) is 18.6 Å². The summed E-state index contributed by atoms with van der Waals surface area (Å²) in [6, 6.07) is 2.01. The summed E-state index contributed by atoms with van der Waals surface area (Å²) in [5, 5.41) is 1.51. The molecule has 2 aromatic heterocycles. The van der Waals surface area contributed by atoms with Gasteiger partial charge in [-0.15, -0.1) is 0 Å². The Bertz CT molecular complexity index is 529. The van der Waals surface area contributed by atoms with Crippen LogP contribution < -0.4 is 0 Å². The van der Waals surface area contributed by atoms with E-state index in [1.165, 1.54) is 38.5 Å². The first-order chi connectivity index (χ1) is 8.84. The zero-order valence-corrected chi connectivity index (χ0v) is 11.2. The van der Waals surface area contributed by atoms with E-state index in [4.69, 9.17) is 11.6 Å². The van der Waals surface area contributed by atoms with Crippen LogP contribution in [-0.2, 0) is 6.54 Å². The quantitative estimate of drug-likeness (QED) is 0.782. The number of rotatable bonds is 3. The smallest absolute Gasteiger partial charge is 0.144 e. The summed E-state index contributed by atoms with van der Waals surface area (Å²) in [6.07, 6.45) is 11.9. The van der Waals surface area contributed by atoms with Gasteiger partial charge in [0.25, 0.3) is 0 Å². The molecule has 0 spiro atoms. The van der Waals surface area contributed by atoms with Gasteiger partial charge in [-0.2, -0.15) is 0 Å². The fourth-order valence-corrected chi connectivity index (χ4v) is 3.14. The molecule has 1 aliphatic carbocycles. The van der Waals surface area contributed by atoms with Gasteiger partial charge in [-0.1, -0.05) is 43.7 Å². The van der Waals surface area contributed by atoms with E-state index < -0.39 is 0 Å². The average molecular weight is 264 g/mol. The Morgan fingerprint density at radius 2 is 2.06 bits per heavy atom. The van der Waals surface area contributed by atoms with Crippen LogP contribution >= 0.6 is 11.6 Å². The SMILES string of the molecule is Clc1ncnc2c1ccn2CCC1CCCCC1. The lowest BCUT2D eigenvalue weighted by Crippen LogP contribution is -2.10. The predicted molar refractivity (Wildman–Crippen MR) is 73.7 cm³/mol. The van der Waals surface area contributed by atoms with Crippen LogP contribution in [0.4, 0.5) is 0 Å². The maximum atomic E-state index is 6.05. The minimum Gasteiger partial charge on any atom is -0.332 e. The lowest BCUT2D eigenvalue weighted by atomic mass is 9.87. The number of halogens is 1. The van der Waals surface area contributed by atoms with Crippen molar-refractivity contribution < 1.29 is 0 Å². The van der Waals surface area contributed by atoms with Crippen LogP contribution in [0, 0.1) is 5.92 Å². The zero-order valence-electron chi connectivity index (χ0n) is 10.5. The van der Waals surface area contributed by atoms with Gasteiger partial charge in [0.1, 0.15) is 17.1 Å². The fourth-order valence-electron chi connectivity index (χ4n) is 2.95. The number of hydrogen-bond acceptors (Lipinski definition) is 2. The van der Waals surface area contributed by atoms with E-state index >= 15 is 0 Å². The third-order valence-electron chi connectivity index (χ3n) is 4.01. The van der Waals surface area contributed by atoms with Gasteiger partial charge in [-0.25, -0.2) is 9.97 Å². The third-order valence-corrected chi connectivity index (χ3v) is 4.31. The Balaban J connectivity index is 1.72. The van der Waals surface area contributed by atoms with Crippen molar-refractivity contribution in [3.05, 3.63) is 23.7 Å². The molecule has 0 aliphatic heterocycles. The molecule has 1 saturated carbocycles. The number of hydrogen-bond donors (Lipinski definition) is 0. The second-order valence-electron chi connectivity index (χ2n) is 5.20. The summed E-state index contributed by atoms with van der Waals surface area (Å²) in [7, 11) is 0. The average Bonchev–Trinajstić information content (AvgIpc) is 2.82. The van der Waals surface area contributed by atoms with Gasteiger partial charge >= 0.3 is 0 Å². The van der Waals surface area contributed by atoms with E-state index in [0.29, 0.717) is 5.15 Å². The second-order valence-corrected chi connectivity index (χ2v) is 5.56. The van der Waals surface area contributed by atoms with Gasteiger partial charge in [-0.3, -0.25) is 0 Å². The van der Waals surface area contributed by atoms with E-state index in [1.807, 2.05) is 6.07 Å². The minimum absolute atomic E-state index is 0.552. The first kappa shape index (κ1) is 12.0. The highest BCUT2D eigenvalue weighted by atomic mass is 35.5. The highest BCUT2D eigenvalue weighted by molar-refractivity contribution is 6.33. The van der Waals surface area contributed by atoms with Crippen molar-refractivity contribution in [3.63, 3.8) is 0 Å². The predicted octanol–water partition coefficient (Wildman–Crippen LogP) is 4.06. The van der Waals surface area contributed by atoms with Crippen molar-refractivity contribution in [2.24, 2.45) is 5.92 Å². The monoisotopic (exact) mass is 263 g/mol. The number of aryl methyl sites for hydroxylation is 1. The molecule has 96 valence electrons. The summed E-state index contributed by atoms with van der Waals surface area (Å²) in [4.78, 5) is 8.34.